The zero-order valence-corrected chi connectivity index (χ0v) is 11.7. The number of rotatable bonds is 6. The normalized spacial score (nSPS) is 11.2. The monoisotopic (exact) mass is 266 g/mol. The Morgan fingerprint density at radius 3 is 2.74 bits per heavy atom. The van der Waals surface area contributed by atoms with Gasteiger partial charge in [0.2, 0.25) is 0 Å². The van der Waals surface area contributed by atoms with Crippen LogP contribution in [0.15, 0.2) is 18.2 Å². The van der Waals surface area contributed by atoms with E-state index in [0.717, 1.165) is 0 Å². The van der Waals surface area contributed by atoms with Crippen LogP contribution in [-0.2, 0) is 0 Å². The van der Waals surface area contributed by atoms with Crippen LogP contribution in [0.1, 0.15) is 30.6 Å². The van der Waals surface area contributed by atoms with Crippen molar-refractivity contribution in [3.63, 3.8) is 0 Å². The van der Waals surface area contributed by atoms with Gasteiger partial charge in [-0.25, -0.2) is 0 Å². The van der Waals surface area contributed by atoms with Gasteiger partial charge in [-0.2, -0.15) is 0 Å². The number of methoxy groups -OCH3 is 1. The van der Waals surface area contributed by atoms with E-state index in [1.165, 1.54) is 7.11 Å². The van der Waals surface area contributed by atoms with Crippen molar-refractivity contribution in [2.45, 2.75) is 20.3 Å². The van der Waals surface area contributed by atoms with E-state index in [4.69, 9.17) is 15.6 Å². The maximum Gasteiger partial charge on any atom is 0.253 e. The Balaban J connectivity index is 2.74. The van der Waals surface area contributed by atoms with Crippen molar-refractivity contribution in [2.75, 3.05) is 26.0 Å². The van der Waals surface area contributed by atoms with Crippen molar-refractivity contribution in [3.05, 3.63) is 23.8 Å². The molecule has 0 aliphatic heterocycles. The summed E-state index contributed by atoms with van der Waals surface area (Å²) >= 11 is 0. The average molecular weight is 266 g/mol. The van der Waals surface area contributed by atoms with E-state index < -0.39 is 0 Å². The molecule has 0 saturated heterocycles. The Hall–Kier alpha value is -1.75. The molecule has 0 saturated carbocycles. The number of hydrogen-bond donors (Lipinski definition) is 3. The van der Waals surface area contributed by atoms with Gasteiger partial charge in [-0.1, -0.05) is 19.9 Å². The first-order valence-corrected chi connectivity index (χ1v) is 6.23. The van der Waals surface area contributed by atoms with E-state index >= 15 is 0 Å². The molecular weight excluding hydrogens is 244 g/mol. The number of nitrogens with one attached hydrogen (secondary N) is 1. The third-order valence-corrected chi connectivity index (χ3v) is 3.05. The smallest absolute Gasteiger partial charge is 0.253 e. The molecule has 0 fully saturated rings. The third kappa shape index (κ3) is 4.13. The molecule has 0 bridgehead atoms. The molecule has 0 radical (unpaired) electrons. The molecule has 19 heavy (non-hydrogen) atoms. The fraction of sp³-hybridized carbons (Fsp3) is 0.500. The van der Waals surface area contributed by atoms with Crippen molar-refractivity contribution in [2.24, 2.45) is 5.41 Å². The Morgan fingerprint density at radius 2 is 2.16 bits per heavy atom. The van der Waals surface area contributed by atoms with Crippen molar-refractivity contribution in [3.8, 4) is 5.75 Å². The van der Waals surface area contributed by atoms with Gasteiger partial charge < -0.3 is 20.9 Å². The number of carbonyl (C=O) groups is 1. The Morgan fingerprint density at radius 1 is 1.47 bits per heavy atom. The molecule has 0 atom stereocenters. The largest absolute Gasteiger partial charge is 0.495 e. The lowest BCUT2D eigenvalue weighted by Gasteiger charge is -2.24. The lowest BCUT2D eigenvalue weighted by Crippen LogP contribution is -2.34. The number of benzene rings is 1. The summed E-state index contributed by atoms with van der Waals surface area (Å²) in [6, 6.07) is 5.09. The van der Waals surface area contributed by atoms with Gasteiger partial charge in [0.1, 0.15) is 5.75 Å². The summed E-state index contributed by atoms with van der Waals surface area (Å²) in [5, 5.41) is 11.8. The molecule has 1 aromatic carbocycles. The zero-order valence-electron chi connectivity index (χ0n) is 11.7. The molecule has 5 heteroatoms. The highest BCUT2D eigenvalue weighted by Gasteiger charge is 2.20. The van der Waals surface area contributed by atoms with E-state index in [1.807, 2.05) is 13.8 Å². The van der Waals surface area contributed by atoms with E-state index in [0.29, 0.717) is 30.0 Å². The predicted molar refractivity (Wildman–Crippen MR) is 75.2 cm³/mol. The molecule has 0 heterocycles. The standard InChI is InChI=1S/C14H22N2O3/c1-14(2,7-8-17)9-16-13(18)10-5-4-6-11(19-3)12(10)15/h4-6,17H,7-9,15H2,1-3H3,(H,16,18). The van der Waals surface area contributed by atoms with Crippen LogP contribution in [-0.4, -0.2) is 31.3 Å². The second-order valence-electron chi connectivity index (χ2n) is 5.24. The zero-order chi connectivity index (χ0) is 14.5. The summed E-state index contributed by atoms with van der Waals surface area (Å²) in [5.74, 6) is 0.254. The third-order valence-electron chi connectivity index (χ3n) is 3.05. The predicted octanol–water partition coefficient (Wildman–Crippen LogP) is 1.42. The second-order valence-corrected chi connectivity index (χ2v) is 5.24. The highest BCUT2D eigenvalue weighted by atomic mass is 16.5. The van der Waals surface area contributed by atoms with Gasteiger partial charge in [0, 0.05) is 13.2 Å². The molecule has 4 N–H and O–H groups in total. The number of aliphatic hydroxyl groups excluding tert-OH is 1. The summed E-state index contributed by atoms with van der Waals surface area (Å²) in [6.07, 6.45) is 0.626. The van der Waals surface area contributed by atoms with E-state index in [2.05, 4.69) is 5.32 Å². The van der Waals surface area contributed by atoms with Gasteiger partial charge in [-0.15, -0.1) is 0 Å². The fourth-order valence-electron chi connectivity index (χ4n) is 1.73. The number of hydrogen-bond acceptors (Lipinski definition) is 4. The first kappa shape index (κ1) is 15.3. The van der Waals surface area contributed by atoms with Crippen LogP contribution in [0.25, 0.3) is 0 Å². The van der Waals surface area contributed by atoms with Crippen molar-refractivity contribution < 1.29 is 14.6 Å². The molecular formula is C14H22N2O3. The summed E-state index contributed by atoms with van der Waals surface area (Å²) in [6.45, 7) is 4.55. The molecule has 0 spiro atoms. The number of nitrogen functional groups attached to an aromatic ring is 1. The van der Waals surface area contributed by atoms with Gasteiger partial charge in [0.25, 0.3) is 5.91 Å². The molecule has 106 valence electrons. The van der Waals surface area contributed by atoms with Crippen LogP contribution >= 0.6 is 0 Å². The van der Waals surface area contributed by atoms with E-state index in [9.17, 15) is 4.79 Å². The van der Waals surface area contributed by atoms with Crippen LogP contribution in [0.4, 0.5) is 5.69 Å². The quantitative estimate of drug-likeness (QED) is 0.680. The number of anilines is 1. The first-order valence-electron chi connectivity index (χ1n) is 6.23. The Bertz CT molecular complexity index is 444. The highest BCUT2D eigenvalue weighted by molar-refractivity contribution is 6.00. The molecule has 1 aromatic rings. The fourth-order valence-corrected chi connectivity index (χ4v) is 1.73. The summed E-state index contributed by atoms with van der Waals surface area (Å²) in [4.78, 5) is 12.1. The van der Waals surface area contributed by atoms with Gasteiger partial charge in [-0.05, 0) is 24.0 Å². The highest BCUT2D eigenvalue weighted by Crippen LogP contribution is 2.25. The number of carbonyl (C=O) groups excluding carboxylic acids is 1. The Labute approximate surface area is 113 Å². The number of nitrogens with two attached hydrogens (primary N) is 1. The molecule has 0 aliphatic rings. The van der Waals surface area contributed by atoms with E-state index in [-0.39, 0.29) is 17.9 Å². The minimum Gasteiger partial charge on any atom is -0.495 e. The van der Waals surface area contributed by atoms with Crippen LogP contribution in [0.3, 0.4) is 0 Å². The minimum atomic E-state index is -0.234. The number of amides is 1. The average Bonchev–Trinajstić information content (AvgIpc) is 2.36. The van der Waals surface area contributed by atoms with Crippen molar-refractivity contribution in [1.29, 1.82) is 0 Å². The maximum absolute atomic E-state index is 12.1. The summed E-state index contributed by atoms with van der Waals surface area (Å²) in [7, 11) is 1.51. The number of aliphatic hydroxyl groups is 1. The maximum atomic E-state index is 12.1. The van der Waals surface area contributed by atoms with Crippen LogP contribution in [0.2, 0.25) is 0 Å². The van der Waals surface area contributed by atoms with Crippen LogP contribution in [0, 0.1) is 5.41 Å². The van der Waals surface area contributed by atoms with Crippen LogP contribution < -0.4 is 15.8 Å². The van der Waals surface area contributed by atoms with Gasteiger partial charge >= 0.3 is 0 Å². The van der Waals surface area contributed by atoms with Crippen molar-refractivity contribution >= 4 is 11.6 Å². The van der Waals surface area contributed by atoms with Gasteiger partial charge in [0.05, 0.1) is 18.4 Å². The van der Waals surface area contributed by atoms with Gasteiger partial charge in [-0.3, -0.25) is 4.79 Å². The lowest BCUT2D eigenvalue weighted by molar-refractivity contribution is 0.0929. The topological polar surface area (TPSA) is 84.6 Å². The van der Waals surface area contributed by atoms with Crippen LogP contribution in [0.5, 0.6) is 5.75 Å². The molecule has 1 amide bonds. The minimum absolute atomic E-state index is 0.101. The molecule has 0 aliphatic carbocycles. The Kier molecular flexibility index (Phi) is 5.18. The lowest BCUT2D eigenvalue weighted by atomic mass is 9.89. The number of ether oxygens (including phenoxy) is 1. The molecule has 0 aromatic heterocycles. The van der Waals surface area contributed by atoms with Crippen molar-refractivity contribution in [1.82, 2.24) is 5.32 Å². The molecule has 1 rings (SSSR count). The SMILES string of the molecule is COc1cccc(C(=O)NCC(C)(C)CCO)c1N. The van der Waals surface area contributed by atoms with E-state index in [1.54, 1.807) is 18.2 Å². The summed E-state index contributed by atoms with van der Waals surface area (Å²) in [5.41, 5.74) is 6.45. The summed E-state index contributed by atoms with van der Waals surface area (Å²) < 4.78 is 5.08. The first-order chi connectivity index (χ1) is 8.91. The molecule has 0 unspecified atom stereocenters. The number of para-hydroxylation sites is 1. The second kappa shape index (κ2) is 6.43. The molecule has 5 nitrogen and oxygen atoms in total. The van der Waals surface area contributed by atoms with Gasteiger partial charge in [0.15, 0.2) is 0 Å².